The molecule has 1 saturated heterocycles. The molecule has 0 aromatic heterocycles. The Kier molecular flexibility index (Phi) is 4.25. The van der Waals surface area contributed by atoms with Gasteiger partial charge in [-0.1, -0.05) is 0 Å². The van der Waals surface area contributed by atoms with Crippen molar-refractivity contribution < 1.29 is 14.2 Å². The predicted molar refractivity (Wildman–Crippen MR) is 68.8 cm³/mol. The van der Waals surface area contributed by atoms with Gasteiger partial charge in [-0.05, 0) is 28.1 Å². The first-order chi connectivity index (χ1) is 8.27. The number of halogens is 1. The Hall–Kier alpha value is -0.780. The third kappa shape index (κ3) is 2.56. The molecule has 2 rings (SSSR count). The van der Waals surface area contributed by atoms with Crippen LogP contribution in [0.5, 0.6) is 11.5 Å². The highest BCUT2D eigenvalue weighted by Crippen LogP contribution is 2.40. The van der Waals surface area contributed by atoms with Gasteiger partial charge in [-0.3, -0.25) is 0 Å². The topological polar surface area (TPSA) is 39.7 Å². The zero-order valence-electron chi connectivity index (χ0n) is 9.96. The van der Waals surface area contributed by atoms with Crippen LogP contribution in [-0.2, 0) is 4.74 Å². The Balaban J connectivity index is 2.35. The molecule has 1 N–H and O–H groups in total. The molecule has 1 atom stereocenters. The second-order valence-corrected chi connectivity index (χ2v) is 4.56. The number of hydrogen-bond acceptors (Lipinski definition) is 4. The van der Waals surface area contributed by atoms with E-state index in [-0.39, 0.29) is 6.10 Å². The maximum atomic E-state index is 5.73. The molecule has 17 heavy (non-hydrogen) atoms. The normalized spacial score (nSPS) is 20.1. The van der Waals surface area contributed by atoms with Gasteiger partial charge in [0.15, 0.2) is 0 Å². The lowest BCUT2D eigenvalue weighted by Gasteiger charge is -2.26. The summed E-state index contributed by atoms with van der Waals surface area (Å²) < 4.78 is 17.2. The Morgan fingerprint density at radius 3 is 2.76 bits per heavy atom. The summed E-state index contributed by atoms with van der Waals surface area (Å²) >= 11 is 3.49. The Labute approximate surface area is 109 Å². The Morgan fingerprint density at radius 2 is 2.18 bits per heavy atom. The van der Waals surface area contributed by atoms with Gasteiger partial charge in [0.1, 0.15) is 16.0 Å². The molecule has 0 spiro atoms. The first-order valence-electron chi connectivity index (χ1n) is 5.50. The van der Waals surface area contributed by atoms with Gasteiger partial charge >= 0.3 is 0 Å². The van der Waals surface area contributed by atoms with Crippen molar-refractivity contribution in [1.29, 1.82) is 0 Å². The summed E-state index contributed by atoms with van der Waals surface area (Å²) in [5, 5.41) is 3.31. The van der Waals surface area contributed by atoms with E-state index in [0.29, 0.717) is 0 Å². The van der Waals surface area contributed by atoms with Gasteiger partial charge in [0.25, 0.3) is 0 Å². The fourth-order valence-electron chi connectivity index (χ4n) is 1.94. The van der Waals surface area contributed by atoms with Crippen LogP contribution in [0, 0.1) is 0 Å². The molecule has 0 bridgehead atoms. The molecule has 5 heteroatoms. The van der Waals surface area contributed by atoms with E-state index in [1.165, 1.54) is 0 Å². The number of rotatable bonds is 3. The van der Waals surface area contributed by atoms with Gasteiger partial charge in [-0.15, -0.1) is 0 Å². The standard InChI is InChI=1S/C12H16BrNO3/c1-15-9-4-3-8(12(16-2)11(9)13)10-7-14-5-6-17-10/h3-4,10,14H,5-7H2,1-2H3. The van der Waals surface area contributed by atoms with Crippen LogP contribution in [-0.4, -0.2) is 33.9 Å². The zero-order chi connectivity index (χ0) is 12.3. The van der Waals surface area contributed by atoms with Crippen molar-refractivity contribution in [3.05, 3.63) is 22.2 Å². The van der Waals surface area contributed by atoms with Crippen LogP contribution in [0.1, 0.15) is 11.7 Å². The van der Waals surface area contributed by atoms with Crippen molar-refractivity contribution >= 4 is 15.9 Å². The van der Waals surface area contributed by atoms with Gasteiger partial charge in [0.2, 0.25) is 0 Å². The summed E-state index contributed by atoms with van der Waals surface area (Å²) in [6.07, 6.45) is 0.0286. The highest BCUT2D eigenvalue weighted by atomic mass is 79.9. The number of hydrogen-bond donors (Lipinski definition) is 1. The van der Waals surface area contributed by atoms with Gasteiger partial charge < -0.3 is 19.5 Å². The molecule has 0 radical (unpaired) electrons. The van der Waals surface area contributed by atoms with Crippen LogP contribution in [0.3, 0.4) is 0 Å². The van der Waals surface area contributed by atoms with E-state index >= 15 is 0 Å². The molecule has 4 nitrogen and oxygen atoms in total. The number of methoxy groups -OCH3 is 2. The minimum Gasteiger partial charge on any atom is -0.495 e. The third-order valence-corrected chi connectivity index (χ3v) is 3.54. The van der Waals surface area contributed by atoms with E-state index in [1.54, 1.807) is 14.2 Å². The van der Waals surface area contributed by atoms with E-state index in [4.69, 9.17) is 14.2 Å². The summed E-state index contributed by atoms with van der Waals surface area (Å²) in [4.78, 5) is 0. The van der Waals surface area contributed by atoms with Gasteiger partial charge in [0, 0.05) is 18.7 Å². The van der Waals surface area contributed by atoms with Crippen LogP contribution in [0.15, 0.2) is 16.6 Å². The molecule has 1 fully saturated rings. The van der Waals surface area contributed by atoms with Crippen molar-refractivity contribution in [2.45, 2.75) is 6.10 Å². The summed E-state index contributed by atoms with van der Waals surface area (Å²) in [6.45, 7) is 2.42. The average molecular weight is 302 g/mol. The van der Waals surface area contributed by atoms with E-state index < -0.39 is 0 Å². The minimum atomic E-state index is 0.0286. The van der Waals surface area contributed by atoms with Crippen LogP contribution in [0.4, 0.5) is 0 Å². The average Bonchev–Trinajstić information content (AvgIpc) is 2.39. The van der Waals surface area contributed by atoms with Gasteiger partial charge in [-0.2, -0.15) is 0 Å². The van der Waals surface area contributed by atoms with Crippen molar-refractivity contribution in [3.63, 3.8) is 0 Å². The Morgan fingerprint density at radius 1 is 1.35 bits per heavy atom. The molecule has 1 unspecified atom stereocenters. The molecule has 0 saturated carbocycles. The molecule has 0 aliphatic carbocycles. The molecule has 1 aliphatic heterocycles. The predicted octanol–water partition coefficient (Wildman–Crippen LogP) is 2.13. The van der Waals surface area contributed by atoms with Crippen molar-refractivity contribution in [1.82, 2.24) is 5.32 Å². The van der Waals surface area contributed by atoms with Crippen LogP contribution < -0.4 is 14.8 Å². The molecule has 1 heterocycles. The number of morpholine rings is 1. The van der Waals surface area contributed by atoms with Crippen LogP contribution in [0.2, 0.25) is 0 Å². The van der Waals surface area contributed by atoms with E-state index in [9.17, 15) is 0 Å². The summed E-state index contributed by atoms with van der Waals surface area (Å²) in [5.41, 5.74) is 1.03. The number of nitrogens with one attached hydrogen (secondary N) is 1. The number of ether oxygens (including phenoxy) is 3. The smallest absolute Gasteiger partial charge is 0.142 e. The Bertz CT molecular complexity index is 392. The molecule has 1 aliphatic rings. The van der Waals surface area contributed by atoms with Gasteiger partial charge in [0.05, 0.1) is 26.9 Å². The largest absolute Gasteiger partial charge is 0.495 e. The summed E-state index contributed by atoms with van der Waals surface area (Å²) in [7, 11) is 3.29. The maximum absolute atomic E-state index is 5.73. The van der Waals surface area contributed by atoms with Crippen LogP contribution >= 0.6 is 15.9 Å². The van der Waals surface area contributed by atoms with Crippen molar-refractivity contribution in [2.75, 3.05) is 33.9 Å². The third-order valence-electron chi connectivity index (χ3n) is 2.79. The van der Waals surface area contributed by atoms with E-state index in [0.717, 1.165) is 41.2 Å². The zero-order valence-corrected chi connectivity index (χ0v) is 11.5. The number of benzene rings is 1. The first kappa shape index (κ1) is 12.7. The lowest BCUT2D eigenvalue weighted by Crippen LogP contribution is -2.33. The molecular formula is C12H16BrNO3. The maximum Gasteiger partial charge on any atom is 0.142 e. The second kappa shape index (κ2) is 5.71. The second-order valence-electron chi connectivity index (χ2n) is 3.77. The van der Waals surface area contributed by atoms with Gasteiger partial charge in [-0.25, -0.2) is 0 Å². The van der Waals surface area contributed by atoms with Crippen molar-refractivity contribution in [3.8, 4) is 11.5 Å². The van der Waals surface area contributed by atoms with E-state index in [1.807, 2.05) is 12.1 Å². The molecule has 0 amide bonds. The molecular weight excluding hydrogens is 286 g/mol. The minimum absolute atomic E-state index is 0.0286. The highest BCUT2D eigenvalue weighted by Gasteiger charge is 2.22. The molecule has 94 valence electrons. The first-order valence-corrected chi connectivity index (χ1v) is 6.30. The fraction of sp³-hybridized carbons (Fsp3) is 0.500. The molecule has 1 aromatic rings. The lowest BCUT2D eigenvalue weighted by molar-refractivity contribution is 0.0262. The quantitative estimate of drug-likeness (QED) is 0.928. The lowest BCUT2D eigenvalue weighted by atomic mass is 10.1. The molecule has 1 aromatic carbocycles. The SMILES string of the molecule is COc1ccc(C2CNCCO2)c(OC)c1Br. The fourth-order valence-corrected chi connectivity index (χ4v) is 2.62. The van der Waals surface area contributed by atoms with Crippen LogP contribution in [0.25, 0.3) is 0 Å². The highest BCUT2D eigenvalue weighted by molar-refractivity contribution is 9.10. The van der Waals surface area contributed by atoms with Crippen molar-refractivity contribution in [2.24, 2.45) is 0 Å². The monoisotopic (exact) mass is 301 g/mol. The summed E-state index contributed by atoms with van der Waals surface area (Å²) in [6, 6.07) is 3.90. The van der Waals surface area contributed by atoms with E-state index in [2.05, 4.69) is 21.2 Å². The summed E-state index contributed by atoms with van der Waals surface area (Å²) in [5.74, 6) is 1.53.